The molecule has 1 aromatic rings. The molecule has 1 heterocycles. The number of nitrogen functional groups attached to an aromatic ring is 1. The van der Waals surface area contributed by atoms with Crippen molar-refractivity contribution >= 4 is 16.3 Å². The van der Waals surface area contributed by atoms with Crippen molar-refractivity contribution in [2.45, 2.75) is 13.5 Å². The largest absolute Gasteiger partial charge is 0.392 e. The highest BCUT2D eigenvalue weighted by molar-refractivity contribution is 7.16. The minimum Gasteiger partial charge on any atom is -0.392 e. The molecule has 0 radical (unpaired) electrons. The summed E-state index contributed by atoms with van der Waals surface area (Å²) in [6.07, 6.45) is 0. The molecule has 2 nitrogen and oxygen atoms in total. The van der Waals surface area contributed by atoms with E-state index in [4.69, 9.17) is 10.8 Å². The van der Waals surface area contributed by atoms with Crippen molar-refractivity contribution in [1.82, 2.24) is 0 Å². The lowest BCUT2D eigenvalue weighted by atomic mass is 10.3. The highest BCUT2D eigenvalue weighted by atomic mass is 32.1. The van der Waals surface area contributed by atoms with Crippen molar-refractivity contribution in [3.8, 4) is 0 Å². The van der Waals surface area contributed by atoms with E-state index in [1.165, 1.54) is 11.3 Å². The Bertz CT molecular complexity index is 207. The van der Waals surface area contributed by atoms with Crippen LogP contribution in [0.3, 0.4) is 0 Å². The van der Waals surface area contributed by atoms with Gasteiger partial charge in [-0.2, -0.15) is 0 Å². The highest BCUT2D eigenvalue weighted by Gasteiger charge is 1.99. The Hall–Kier alpha value is -0.540. The molecule has 0 aliphatic rings. The van der Waals surface area contributed by atoms with Crippen molar-refractivity contribution in [1.29, 1.82) is 0 Å². The fourth-order valence-electron chi connectivity index (χ4n) is 0.709. The summed E-state index contributed by atoms with van der Waals surface area (Å²) in [5.41, 5.74) is 6.36. The minimum absolute atomic E-state index is 0.0518. The van der Waals surface area contributed by atoms with Crippen LogP contribution in [0.4, 0.5) is 5.00 Å². The molecular formula is C6H9NOS. The number of hydrogen-bond acceptors (Lipinski definition) is 3. The van der Waals surface area contributed by atoms with Crippen LogP contribution in [-0.4, -0.2) is 5.11 Å². The summed E-state index contributed by atoms with van der Waals surface area (Å²) in [5.74, 6) is 0. The molecule has 50 valence electrons. The number of aliphatic hydroxyl groups is 1. The second-order valence-electron chi connectivity index (χ2n) is 1.90. The van der Waals surface area contributed by atoms with Crippen LogP contribution < -0.4 is 5.73 Å². The van der Waals surface area contributed by atoms with Gasteiger partial charge in [-0.25, -0.2) is 0 Å². The maximum Gasteiger partial charge on any atom is 0.0915 e. The average Bonchev–Trinajstić information content (AvgIpc) is 2.10. The SMILES string of the molecule is Cc1cc(CO)c(N)s1. The summed E-state index contributed by atoms with van der Waals surface area (Å²) in [6, 6.07) is 1.90. The highest BCUT2D eigenvalue weighted by Crippen LogP contribution is 2.23. The van der Waals surface area contributed by atoms with Crippen LogP contribution in [0.15, 0.2) is 6.07 Å². The molecule has 0 unspecified atom stereocenters. The number of nitrogens with two attached hydrogens (primary N) is 1. The third-order valence-corrected chi connectivity index (χ3v) is 2.06. The van der Waals surface area contributed by atoms with Gasteiger partial charge in [0.25, 0.3) is 0 Å². The molecule has 0 atom stereocenters. The van der Waals surface area contributed by atoms with Gasteiger partial charge in [-0.15, -0.1) is 11.3 Å². The lowest BCUT2D eigenvalue weighted by Gasteiger charge is -1.87. The predicted octanol–water partition coefficient (Wildman–Crippen LogP) is 1.13. The zero-order valence-corrected chi connectivity index (χ0v) is 6.03. The van der Waals surface area contributed by atoms with E-state index < -0.39 is 0 Å². The van der Waals surface area contributed by atoms with Crippen molar-refractivity contribution in [3.63, 3.8) is 0 Å². The van der Waals surface area contributed by atoms with Gasteiger partial charge < -0.3 is 10.8 Å². The summed E-state index contributed by atoms with van der Waals surface area (Å²) < 4.78 is 0. The van der Waals surface area contributed by atoms with Gasteiger partial charge in [0.2, 0.25) is 0 Å². The molecule has 0 spiro atoms. The number of rotatable bonds is 1. The fraction of sp³-hybridized carbons (Fsp3) is 0.333. The Kier molecular flexibility index (Phi) is 1.73. The van der Waals surface area contributed by atoms with E-state index in [0.717, 1.165) is 15.4 Å². The lowest BCUT2D eigenvalue weighted by molar-refractivity contribution is 0.283. The number of anilines is 1. The fourth-order valence-corrected chi connectivity index (χ4v) is 1.51. The first kappa shape index (κ1) is 6.58. The second kappa shape index (κ2) is 2.37. The quantitative estimate of drug-likeness (QED) is 0.619. The number of aliphatic hydroxyl groups excluding tert-OH is 1. The van der Waals surface area contributed by atoms with E-state index in [-0.39, 0.29) is 6.61 Å². The Morgan fingerprint density at radius 3 is 2.67 bits per heavy atom. The molecule has 0 saturated heterocycles. The molecule has 1 rings (SSSR count). The van der Waals surface area contributed by atoms with Crippen LogP contribution in [0.2, 0.25) is 0 Å². The first-order chi connectivity index (χ1) is 4.24. The van der Waals surface area contributed by atoms with Gasteiger partial charge in [0.05, 0.1) is 11.6 Å². The van der Waals surface area contributed by atoms with Gasteiger partial charge in [0.15, 0.2) is 0 Å². The minimum atomic E-state index is 0.0518. The smallest absolute Gasteiger partial charge is 0.0915 e. The Balaban J connectivity index is 3.01. The normalized spacial score (nSPS) is 10.0. The van der Waals surface area contributed by atoms with Crippen molar-refractivity contribution in [2.24, 2.45) is 0 Å². The third kappa shape index (κ3) is 1.23. The Labute approximate surface area is 57.9 Å². The molecule has 9 heavy (non-hydrogen) atoms. The molecular weight excluding hydrogens is 134 g/mol. The molecule has 0 aliphatic heterocycles. The van der Waals surface area contributed by atoms with Crippen molar-refractivity contribution < 1.29 is 5.11 Å². The Morgan fingerprint density at radius 2 is 2.44 bits per heavy atom. The van der Waals surface area contributed by atoms with E-state index in [1.807, 2.05) is 13.0 Å². The van der Waals surface area contributed by atoms with E-state index in [9.17, 15) is 0 Å². The van der Waals surface area contributed by atoms with E-state index in [1.54, 1.807) is 0 Å². The van der Waals surface area contributed by atoms with Crippen LogP contribution in [0.1, 0.15) is 10.4 Å². The van der Waals surface area contributed by atoms with Crippen LogP contribution in [0.5, 0.6) is 0 Å². The summed E-state index contributed by atoms with van der Waals surface area (Å²) in [4.78, 5) is 1.15. The summed E-state index contributed by atoms with van der Waals surface area (Å²) >= 11 is 1.51. The molecule has 1 aromatic heterocycles. The molecule has 0 saturated carbocycles. The van der Waals surface area contributed by atoms with Gasteiger partial charge >= 0.3 is 0 Å². The van der Waals surface area contributed by atoms with E-state index in [0.29, 0.717) is 0 Å². The van der Waals surface area contributed by atoms with Crippen LogP contribution >= 0.6 is 11.3 Å². The first-order valence-electron chi connectivity index (χ1n) is 2.69. The Morgan fingerprint density at radius 1 is 1.78 bits per heavy atom. The number of thiophene rings is 1. The van der Waals surface area contributed by atoms with Crippen LogP contribution in [0.25, 0.3) is 0 Å². The molecule has 0 fully saturated rings. The van der Waals surface area contributed by atoms with Gasteiger partial charge in [-0.3, -0.25) is 0 Å². The first-order valence-corrected chi connectivity index (χ1v) is 3.51. The summed E-state index contributed by atoms with van der Waals surface area (Å²) in [5, 5.41) is 9.39. The zero-order valence-electron chi connectivity index (χ0n) is 5.22. The number of aryl methyl sites for hydroxylation is 1. The number of hydrogen-bond donors (Lipinski definition) is 2. The van der Waals surface area contributed by atoms with Crippen molar-refractivity contribution in [3.05, 3.63) is 16.5 Å². The molecule has 3 heteroatoms. The molecule has 0 amide bonds. The van der Waals surface area contributed by atoms with E-state index in [2.05, 4.69) is 0 Å². The molecule has 0 bridgehead atoms. The van der Waals surface area contributed by atoms with Gasteiger partial charge in [0.1, 0.15) is 0 Å². The molecule has 0 aliphatic carbocycles. The van der Waals surface area contributed by atoms with Gasteiger partial charge in [-0.05, 0) is 13.0 Å². The summed E-state index contributed by atoms with van der Waals surface area (Å²) in [7, 11) is 0. The average molecular weight is 143 g/mol. The van der Waals surface area contributed by atoms with Crippen LogP contribution in [0, 0.1) is 6.92 Å². The zero-order chi connectivity index (χ0) is 6.85. The van der Waals surface area contributed by atoms with Crippen LogP contribution in [-0.2, 0) is 6.61 Å². The lowest BCUT2D eigenvalue weighted by Crippen LogP contribution is -1.85. The van der Waals surface area contributed by atoms with E-state index >= 15 is 0 Å². The molecule has 0 aromatic carbocycles. The predicted molar refractivity (Wildman–Crippen MR) is 39.4 cm³/mol. The maximum absolute atomic E-state index is 8.66. The van der Waals surface area contributed by atoms with Gasteiger partial charge in [-0.1, -0.05) is 0 Å². The third-order valence-electron chi connectivity index (χ3n) is 1.14. The molecule has 3 N–H and O–H groups in total. The standard InChI is InChI=1S/C6H9NOS/c1-4-2-5(3-8)6(7)9-4/h2,8H,3,7H2,1H3. The monoisotopic (exact) mass is 143 g/mol. The van der Waals surface area contributed by atoms with Gasteiger partial charge in [0, 0.05) is 10.4 Å². The summed E-state index contributed by atoms with van der Waals surface area (Å²) in [6.45, 7) is 2.02. The maximum atomic E-state index is 8.66. The second-order valence-corrected chi connectivity index (χ2v) is 3.19. The van der Waals surface area contributed by atoms with Crippen molar-refractivity contribution in [2.75, 3.05) is 5.73 Å². The topological polar surface area (TPSA) is 46.2 Å².